The van der Waals surface area contributed by atoms with Gasteiger partial charge >= 0.3 is 10.5 Å². The van der Waals surface area contributed by atoms with E-state index in [0.29, 0.717) is 33.3 Å². The van der Waals surface area contributed by atoms with Crippen LogP contribution in [0.25, 0.3) is 10.9 Å². The van der Waals surface area contributed by atoms with Gasteiger partial charge in [0.1, 0.15) is 5.92 Å². The number of ketones is 2. The van der Waals surface area contributed by atoms with E-state index >= 15 is 0 Å². The third kappa shape index (κ3) is 2.70. The molecule has 0 fully saturated rings. The van der Waals surface area contributed by atoms with Crippen molar-refractivity contribution < 1.29 is 28.5 Å². The first-order valence-electron chi connectivity index (χ1n) is 8.11. The molecule has 1 atom stereocenters. The van der Waals surface area contributed by atoms with E-state index in [2.05, 4.69) is 15.2 Å². The topological polar surface area (TPSA) is 121 Å². The highest BCUT2D eigenvalue weighted by Crippen LogP contribution is 2.34. The SMILES string of the molecule is Cc1cc([S+]([O])(=O)O[NH3+])cc2ccc(C3C(=O)c4ccccc4C3=O)nc12. The summed E-state index contributed by atoms with van der Waals surface area (Å²) in [7, 11) is -3.94. The van der Waals surface area contributed by atoms with E-state index in [4.69, 9.17) is 0 Å². The largest absolute Gasteiger partial charge is 0.482 e. The Morgan fingerprint density at radius 2 is 1.67 bits per heavy atom. The lowest BCUT2D eigenvalue weighted by Gasteiger charge is -2.09. The highest BCUT2D eigenvalue weighted by atomic mass is 32.3. The normalized spacial score (nSPS) is 16.6. The molecular formula is C19H15N2O5S+2. The Bertz CT molecular complexity index is 1140. The van der Waals surface area contributed by atoms with Gasteiger partial charge in [0.2, 0.25) is 4.90 Å². The quantitative estimate of drug-likeness (QED) is 0.421. The minimum Gasteiger partial charge on any atom is -0.293 e. The number of aryl methyl sites for hydroxylation is 1. The van der Waals surface area contributed by atoms with Crippen LogP contribution < -0.4 is 5.90 Å². The van der Waals surface area contributed by atoms with Crippen molar-refractivity contribution in [2.75, 3.05) is 0 Å². The fraction of sp³-hybridized carbons (Fsp3) is 0.105. The molecule has 1 heterocycles. The van der Waals surface area contributed by atoms with Crippen LogP contribution in [0.15, 0.2) is 53.4 Å². The van der Waals surface area contributed by atoms with Gasteiger partial charge in [0.05, 0.1) is 20.0 Å². The Labute approximate surface area is 155 Å². The molecule has 3 aromatic rings. The van der Waals surface area contributed by atoms with Crippen molar-refractivity contribution in [3.8, 4) is 0 Å². The summed E-state index contributed by atoms with van der Waals surface area (Å²) < 4.78 is 28.1. The molecule has 1 unspecified atom stereocenters. The van der Waals surface area contributed by atoms with E-state index in [0.717, 1.165) is 0 Å². The molecule has 0 amide bonds. The van der Waals surface area contributed by atoms with Gasteiger partial charge in [-0.1, -0.05) is 30.3 Å². The summed E-state index contributed by atoms with van der Waals surface area (Å²) in [5, 5.41) is 0.560. The van der Waals surface area contributed by atoms with Crippen molar-refractivity contribution >= 4 is 33.0 Å². The molecule has 1 aromatic heterocycles. The number of aromatic nitrogens is 1. The molecule has 0 saturated carbocycles. The Hall–Kier alpha value is -2.78. The van der Waals surface area contributed by atoms with Gasteiger partial charge in [0.25, 0.3) is 0 Å². The van der Waals surface area contributed by atoms with Gasteiger partial charge in [-0.25, -0.2) is 0 Å². The first kappa shape index (κ1) is 17.6. The first-order valence-corrected chi connectivity index (χ1v) is 9.52. The fourth-order valence-corrected chi connectivity index (χ4v) is 4.11. The zero-order valence-electron chi connectivity index (χ0n) is 14.3. The summed E-state index contributed by atoms with van der Waals surface area (Å²) in [6.45, 7) is 1.70. The van der Waals surface area contributed by atoms with Crippen molar-refractivity contribution in [1.82, 2.24) is 4.98 Å². The number of Topliss-reactive ketones (excluding diaryl/α,β-unsaturated/α-hetero) is 2. The van der Waals surface area contributed by atoms with E-state index < -0.39 is 16.4 Å². The monoisotopic (exact) mass is 383 g/mol. The number of carbonyl (C=O) groups is 2. The number of quaternary nitrogens is 1. The third-order valence-corrected chi connectivity index (χ3v) is 5.82. The van der Waals surface area contributed by atoms with E-state index in [9.17, 15) is 18.4 Å². The average Bonchev–Trinajstić information content (AvgIpc) is 2.92. The molecule has 1 aliphatic rings. The summed E-state index contributed by atoms with van der Waals surface area (Å²) in [5.74, 6) is 1.45. The van der Waals surface area contributed by atoms with Crippen LogP contribution in [0, 0.1) is 6.92 Å². The van der Waals surface area contributed by atoms with Crippen molar-refractivity contribution in [3.63, 3.8) is 0 Å². The van der Waals surface area contributed by atoms with Crippen LogP contribution >= 0.6 is 0 Å². The Balaban J connectivity index is 1.83. The van der Waals surface area contributed by atoms with E-state index in [1.165, 1.54) is 12.1 Å². The van der Waals surface area contributed by atoms with Gasteiger partial charge in [0, 0.05) is 28.6 Å². The Morgan fingerprint density at radius 1 is 1.04 bits per heavy atom. The summed E-state index contributed by atoms with van der Waals surface area (Å²) in [6, 6.07) is 12.8. The summed E-state index contributed by atoms with van der Waals surface area (Å²) in [5.41, 5.74) is 2.26. The molecule has 1 radical (unpaired) electrons. The minimum atomic E-state index is -3.94. The molecule has 0 bridgehead atoms. The molecule has 3 N–H and O–H groups in total. The van der Waals surface area contributed by atoms with E-state index in [1.807, 2.05) is 0 Å². The Kier molecular flexibility index (Phi) is 4.01. The number of nitrogens with zero attached hydrogens (tertiary/aromatic N) is 1. The van der Waals surface area contributed by atoms with Gasteiger partial charge in [-0.05, 0) is 22.8 Å². The number of benzene rings is 2. The number of fused-ring (bicyclic) bond motifs is 2. The third-order valence-electron chi connectivity index (χ3n) is 4.70. The highest BCUT2D eigenvalue weighted by molar-refractivity contribution is 7.92. The van der Waals surface area contributed by atoms with Crippen molar-refractivity contribution in [1.29, 1.82) is 0 Å². The van der Waals surface area contributed by atoms with Gasteiger partial charge in [-0.15, -0.1) is 0 Å². The van der Waals surface area contributed by atoms with Gasteiger partial charge in [0.15, 0.2) is 11.6 Å². The lowest BCUT2D eigenvalue weighted by atomic mass is 9.98. The number of rotatable bonds is 3. The standard InChI is InChI=1S/C19H15N2O5S/c1-10-8-12(27(24,25)26-20)9-11-6-7-15(21-17(10)11)16-18(22)13-4-2-3-5-14(13)19(16)23/h2-9,16H,1,20H3/q+2. The predicted molar refractivity (Wildman–Crippen MR) is 95.3 cm³/mol. The summed E-state index contributed by atoms with van der Waals surface area (Å²) in [6.07, 6.45) is 0. The molecule has 0 aliphatic heterocycles. The van der Waals surface area contributed by atoms with Gasteiger partial charge in [-0.3, -0.25) is 14.6 Å². The molecular weight excluding hydrogens is 368 g/mol. The van der Waals surface area contributed by atoms with E-state index in [1.54, 1.807) is 43.3 Å². The van der Waals surface area contributed by atoms with Crippen LogP contribution in [0.2, 0.25) is 0 Å². The zero-order valence-corrected chi connectivity index (χ0v) is 15.1. The minimum absolute atomic E-state index is 0.0301. The molecule has 7 nitrogen and oxygen atoms in total. The molecule has 4 rings (SSSR count). The molecule has 2 aromatic carbocycles. The predicted octanol–water partition coefficient (Wildman–Crippen LogP) is 2.00. The molecule has 1 aliphatic carbocycles. The second-order valence-corrected chi connectivity index (χ2v) is 7.94. The first-order chi connectivity index (χ1) is 12.8. The maximum atomic E-state index is 12.7. The van der Waals surface area contributed by atoms with E-state index in [-0.39, 0.29) is 16.5 Å². The van der Waals surface area contributed by atoms with Crippen molar-refractivity contribution in [3.05, 3.63) is 70.9 Å². The Morgan fingerprint density at radius 3 is 2.26 bits per heavy atom. The van der Waals surface area contributed by atoms with Crippen LogP contribution in [0.1, 0.15) is 37.9 Å². The maximum Gasteiger partial charge on any atom is 0.482 e. The zero-order chi connectivity index (χ0) is 19.3. The molecule has 27 heavy (non-hydrogen) atoms. The van der Waals surface area contributed by atoms with Gasteiger partial charge < -0.3 is 0 Å². The highest BCUT2D eigenvalue weighted by Gasteiger charge is 2.41. The smallest absolute Gasteiger partial charge is 0.293 e. The van der Waals surface area contributed by atoms with Crippen LogP contribution in [-0.2, 0) is 23.5 Å². The molecule has 8 heteroatoms. The summed E-state index contributed by atoms with van der Waals surface area (Å²) >= 11 is 0. The van der Waals surface area contributed by atoms with Crippen molar-refractivity contribution in [2.24, 2.45) is 0 Å². The van der Waals surface area contributed by atoms with Crippen LogP contribution in [0.4, 0.5) is 0 Å². The second-order valence-electron chi connectivity index (χ2n) is 6.33. The van der Waals surface area contributed by atoms with Crippen LogP contribution in [-0.4, -0.2) is 16.6 Å². The average molecular weight is 383 g/mol. The van der Waals surface area contributed by atoms with Crippen LogP contribution in [0.3, 0.4) is 0 Å². The summed E-state index contributed by atoms with van der Waals surface area (Å²) in [4.78, 5) is 29.8. The number of hydrogen-bond donors (Lipinski definition) is 1. The van der Waals surface area contributed by atoms with Gasteiger partial charge in [-0.2, -0.15) is 5.90 Å². The molecule has 135 valence electrons. The number of hydrogen-bond acceptors (Lipinski definition) is 5. The fourth-order valence-electron chi connectivity index (χ4n) is 3.38. The lowest BCUT2D eigenvalue weighted by molar-refractivity contribution is -0.637. The number of carbonyl (C=O) groups excluding carboxylic acids is 2. The molecule has 0 saturated heterocycles. The van der Waals surface area contributed by atoms with Crippen molar-refractivity contribution in [2.45, 2.75) is 17.7 Å². The van der Waals surface area contributed by atoms with Crippen LogP contribution in [0.5, 0.6) is 0 Å². The maximum absolute atomic E-state index is 12.7. The molecule has 0 spiro atoms. The second kappa shape index (κ2) is 6.14. The lowest BCUT2D eigenvalue weighted by Crippen LogP contribution is -2.52. The number of pyridine rings is 1.